The molecule has 16 heavy (non-hydrogen) atoms. The quantitative estimate of drug-likeness (QED) is 0.356. The molecule has 1 aliphatic heterocycles. The third-order valence-corrected chi connectivity index (χ3v) is 2.41. The minimum absolute atomic E-state index is 0.0792. The molecule has 0 bridgehead atoms. The fourth-order valence-electron chi connectivity index (χ4n) is 1.59. The molecule has 1 amide bonds. The van der Waals surface area contributed by atoms with E-state index in [4.69, 9.17) is 15.6 Å². The zero-order valence-electron chi connectivity index (χ0n) is 8.99. The van der Waals surface area contributed by atoms with Crippen molar-refractivity contribution in [2.24, 2.45) is 5.73 Å². The van der Waals surface area contributed by atoms with Gasteiger partial charge in [-0.3, -0.25) is 9.59 Å². The molecule has 1 aliphatic rings. The summed E-state index contributed by atoms with van der Waals surface area (Å²) < 4.78 is 4.96. The number of rotatable bonds is 8. The first kappa shape index (κ1) is 12.9. The van der Waals surface area contributed by atoms with Crippen LogP contribution in [0.5, 0.6) is 0 Å². The van der Waals surface area contributed by atoms with E-state index in [1.807, 2.05) is 0 Å². The Morgan fingerprint density at radius 3 is 2.62 bits per heavy atom. The van der Waals surface area contributed by atoms with Crippen molar-refractivity contribution in [2.45, 2.75) is 12.0 Å². The first-order valence-corrected chi connectivity index (χ1v) is 5.08. The van der Waals surface area contributed by atoms with E-state index in [9.17, 15) is 9.59 Å². The normalized spacial score (nSPS) is 17.8. The van der Waals surface area contributed by atoms with Gasteiger partial charge in [-0.05, 0) is 0 Å². The minimum atomic E-state index is -0.827. The van der Waals surface area contributed by atoms with Crippen molar-refractivity contribution in [1.82, 2.24) is 10.6 Å². The third kappa shape index (κ3) is 4.13. The molecule has 0 aliphatic carbocycles. The van der Waals surface area contributed by atoms with Crippen LogP contribution in [0.4, 0.5) is 0 Å². The van der Waals surface area contributed by atoms with Crippen molar-refractivity contribution < 1.29 is 19.4 Å². The number of hydrogen-bond donors (Lipinski definition) is 4. The van der Waals surface area contributed by atoms with Crippen molar-refractivity contribution in [1.29, 1.82) is 0 Å². The number of carbonyl (C=O) groups excluding carboxylic acids is 1. The molecule has 1 rings (SSSR count). The molecule has 0 atom stereocenters. The summed E-state index contributed by atoms with van der Waals surface area (Å²) in [6.45, 7) is 2.00. The Kier molecular flexibility index (Phi) is 4.66. The molecular formula is C9H17N3O4. The zero-order chi connectivity index (χ0) is 12.0. The van der Waals surface area contributed by atoms with Gasteiger partial charge in [-0.1, -0.05) is 0 Å². The largest absolute Gasteiger partial charge is 0.481 e. The Balaban J connectivity index is 2.14. The minimum Gasteiger partial charge on any atom is -0.481 e. The number of carbonyl (C=O) groups is 2. The van der Waals surface area contributed by atoms with Gasteiger partial charge in [-0.2, -0.15) is 0 Å². The van der Waals surface area contributed by atoms with Gasteiger partial charge in [0.25, 0.3) is 0 Å². The van der Waals surface area contributed by atoms with Crippen LogP contribution in [0.2, 0.25) is 0 Å². The number of nitrogens with one attached hydrogen (secondary N) is 2. The van der Waals surface area contributed by atoms with Crippen molar-refractivity contribution in [3.8, 4) is 0 Å². The maximum atomic E-state index is 10.6. The number of aliphatic carboxylic acids is 1. The maximum Gasteiger partial charge on any atom is 0.305 e. The van der Waals surface area contributed by atoms with Gasteiger partial charge in [-0.15, -0.1) is 0 Å². The van der Waals surface area contributed by atoms with Crippen LogP contribution in [-0.4, -0.2) is 55.4 Å². The van der Waals surface area contributed by atoms with E-state index < -0.39 is 11.9 Å². The van der Waals surface area contributed by atoms with Gasteiger partial charge in [0.05, 0.1) is 18.6 Å². The van der Waals surface area contributed by atoms with Crippen LogP contribution < -0.4 is 16.4 Å². The Morgan fingerprint density at radius 1 is 1.50 bits per heavy atom. The van der Waals surface area contributed by atoms with E-state index in [1.165, 1.54) is 0 Å². The van der Waals surface area contributed by atoms with Gasteiger partial charge >= 0.3 is 5.97 Å². The summed E-state index contributed by atoms with van der Waals surface area (Å²) in [4.78, 5) is 21.0. The average Bonchev–Trinajstić information content (AvgIpc) is 2.11. The summed E-state index contributed by atoms with van der Waals surface area (Å²) in [5, 5.41) is 14.9. The van der Waals surface area contributed by atoms with E-state index >= 15 is 0 Å². The lowest BCUT2D eigenvalue weighted by Crippen LogP contribution is -2.68. The molecule has 92 valence electrons. The first-order chi connectivity index (χ1) is 7.54. The van der Waals surface area contributed by atoms with Gasteiger partial charge < -0.3 is 26.2 Å². The topological polar surface area (TPSA) is 114 Å². The highest BCUT2D eigenvalue weighted by Gasteiger charge is 2.38. The highest BCUT2D eigenvalue weighted by Crippen LogP contribution is 2.15. The highest BCUT2D eigenvalue weighted by molar-refractivity contribution is 5.74. The number of ether oxygens (including phenoxy) is 1. The molecule has 5 N–H and O–H groups in total. The predicted octanol–water partition coefficient (Wildman–Crippen LogP) is -2.11. The summed E-state index contributed by atoms with van der Waals surface area (Å²) in [6, 6.07) is 0. The number of carboxylic acids is 1. The number of carboxylic acid groups (broad SMARTS) is 1. The van der Waals surface area contributed by atoms with Crippen LogP contribution in [0, 0.1) is 0 Å². The average molecular weight is 231 g/mol. The van der Waals surface area contributed by atoms with Crippen molar-refractivity contribution in [3.63, 3.8) is 0 Å². The summed E-state index contributed by atoms with van der Waals surface area (Å²) in [6.07, 6.45) is 0.0792. The molecule has 1 saturated heterocycles. The van der Waals surface area contributed by atoms with Gasteiger partial charge in [0, 0.05) is 19.6 Å². The highest BCUT2D eigenvalue weighted by atomic mass is 16.5. The lowest BCUT2D eigenvalue weighted by atomic mass is 9.88. The molecule has 7 heteroatoms. The van der Waals surface area contributed by atoms with Gasteiger partial charge in [0.2, 0.25) is 5.91 Å². The molecule has 1 heterocycles. The Bertz CT molecular complexity index is 265. The molecule has 7 nitrogen and oxygen atoms in total. The van der Waals surface area contributed by atoms with Gasteiger partial charge in [-0.25, -0.2) is 0 Å². The summed E-state index contributed by atoms with van der Waals surface area (Å²) in [7, 11) is 0. The van der Waals surface area contributed by atoms with Crippen molar-refractivity contribution >= 4 is 11.9 Å². The molecule has 0 saturated carbocycles. The van der Waals surface area contributed by atoms with Crippen LogP contribution in [0.3, 0.4) is 0 Å². The summed E-state index contributed by atoms with van der Waals surface area (Å²) >= 11 is 0. The smallest absolute Gasteiger partial charge is 0.305 e. The monoisotopic (exact) mass is 231 g/mol. The fourth-order valence-corrected chi connectivity index (χ4v) is 1.59. The summed E-state index contributed by atoms with van der Waals surface area (Å²) in [5.74, 6) is -1.34. The third-order valence-electron chi connectivity index (χ3n) is 2.41. The number of amides is 1. The molecule has 0 aromatic rings. The molecule has 0 aromatic carbocycles. The molecular weight excluding hydrogens is 214 g/mol. The van der Waals surface area contributed by atoms with Gasteiger partial charge in [0.1, 0.15) is 6.61 Å². The molecule has 0 unspecified atom stereocenters. The molecule has 0 spiro atoms. The van der Waals surface area contributed by atoms with Crippen LogP contribution in [-0.2, 0) is 14.3 Å². The van der Waals surface area contributed by atoms with Crippen LogP contribution in [0.1, 0.15) is 6.42 Å². The van der Waals surface area contributed by atoms with E-state index in [2.05, 4.69) is 10.6 Å². The zero-order valence-corrected chi connectivity index (χ0v) is 8.99. The van der Waals surface area contributed by atoms with Gasteiger partial charge in [0.15, 0.2) is 0 Å². The van der Waals surface area contributed by atoms with Crippen molar-refractivity contribution in [2.75, 3.05) is 32.8 Å². The predicted molar refractivity (Wildman–Crippen MR) is 55.9 cm³/mol. The second-order valence-corrected chi connectivity index (χ2v) is 3.90. The van der Waals surface area contributed by atoms with Crippen LogP contribution in [0.25, 0.3) is 0 Å². The molecule has 1 fully saturated rings. The number of hydrogen-bond acceptors (Lipinski definition) is 5. The van der Waals surface area contributed by atoms with E-state index in [-0.39, 0.29) is 18.6 Å². The van der Waals surface area contributed by atoms with E-state index in [1.54, 1.807) is 0 Å². The van der Waals surface area contributed by atoms with Crippen LogP contribution in [0.15, 0.2) is 0 Å². The SMILES string of the molecule is NC(=O)COCCNC1(CC(=O)O)CNC1. The van der Waals surface area contributed by atoms with Crippen LogP contribution >= 0.6 is 0 Å². The maximum absolute atomic E-state index is 10.6. The Hall–Kier alpha value is -1.18. The first-order valence-electron chi connectivity index (χ1n) is 5.08. The standard InChI is InChI=1S/C9H17N3O4/c10-7(13)4-16-2-1-12-9(3-8(14)15)5-11-6-9/h11-12H,1-6H2,(H2,10,13)(H,14,15). The Morgan fingerprint density at radius 2 is 2.19 bits per heavy atom. The molecule has 0 radical (unpaired) electrons. The number of primary amides is 1. The lowest BCUT2D eigenvalue weighted by molar-refractivity contribution is -0.139. The molecule has 0 aromatic heterocycles. The van der Waals surface area contributed by atoms with E-state index in [0.717, 1.165) is 0 Å². The summed E-state index contributed by atoms with van der Waals surface area (Å²) in [5.41, 5.74) is 4.52. The number of nitrogens with two attached hydrogens (primary N) is 1. The van der Waals surface area contributed by atoms with E-state index in [0.29, 0.717) is 26.2 Å². The second kappa shape index (κ2) is 5.78. The van der Waals surface area contributed by atoms with Crippen molar-refractivity contribution in [3.05, 3.63) is 0 Å². The Labute approximate surface area is 93.3 Å². The fraction of sp³-hybridized carbons (Fsp3) is 0.778. The second-order valence-electron chi connectivity index (χ2n) is 3.90. The lowest BCUT2D eigenvalue weighted by Gasteiger charge is -2.42.